The zero-order valence-corrected chi connectivity index (χ0v) is 27.9. The van der Waals surface area contributed by atoms with Crippen LogP contribution in [0.5, 0.6) is 5.75 Å². The highest BCUT2D eigenvalue weighted by Crippen LogP contribution is 2.30. The maximum atomic E-state index is 13.9. The first kappa shape index (κ1) is 37.5. The van der Waals surface area contributed by atoms with Crippen molar-refractivity contribution in [3.8, 4) is 5.75 Å². The zero-order valence-electron chi connectivity index (χ0n) is 27.9. The number of fused-ring (bicyclic) bond motifs is 2. The largest absolute Gasteiger partial charge is 0.496 e. The fourth-order valence-corrected chi connectivity index (χ4v) is 5.35. The van der Waals surface area contributed by atoms with Crippen molar-refractivity contribution in [3.05, 3.63) is 29.3 Å². The van der Waals surface area contributed by atoms with Crippen LogP contribution in [0.15, 0.2) is 18.2 Å². The predicted octanol–water partition coefficient (Wildman–Crippen LogP) is 3.59. The van der Waals surface area contributed by atoms with Crippen LogP contribution in [0.3, 0.4) is 0 Å². The van der Waals surface area contributed by atoms with Gasteiger partial charge in [0.1, 0.15) is 23.4 Å². The number of carbonyl (C=O) groups excluding carboxylic acids is 5. The summed E-state index contributed by atoms with van der Waals surface area (Å²) < 4.78 is 15.7. The molecule has 0 aliphatic carbocycles. The number of ketones is 1. The van der Waals surface area contributed by atoms with Crippen molar-refractivity contribution in [1.29, 1.82) is 0 Å². The number of hydrogen-bond acceptors (Lipinski definition) is 9. The second kappa shape index (κ2) is 17.7. The summed E-state index contributed by atoms with van der Waals surface area (Å²) in [5.74, 6) is -1.79. The second-order valence-electron chi connectivity index (χ2n) is 12.7. The standard InChI is InChI=1S/C33H52N4O8/c1-21-19-26(38)28(37(5)30(40)24(34)14-11-12-18-35-32(42)45-33(2,3)4)23-16-17-27(43-6)22(20-23)13-9-8-10-15-25(31(41)44-7)36-29(21)39/h16-17,20-21,24-25,28H,8-15,18-19,34H2,1-7H3,(H,35,42)(H,36,39)/t21-,24+,25+,28+/m1/s1. The molecule has 2 rings (SSSR count). The van der Waals surface area contributed by atoms with Gasteiger partial charge < -0.3 is 35.5 Å². The number of ether oxygens (including phenoxy) is 3. The van der Waals surface area contributed by atoms with Crippen LogP contribution in [0.2, 0.25) is 0 Å². The monoisotopic (exact) mass is 632 g/mol. The molecule has 1 aliphatic rings. The number of likely N-dealkylation sites (N-methyl/N-ethyl adjacent to an activating group) is 1. The average Bonchev–Trinajstić information content (AvgIpc) is 2.98. The number of amides is 3. The molecule has 2 bridgehead atoms. The van der Waals surface area contributed by atoms with Gasteiger partial charge in [-0.05, 0) is 82.6 Å². The number of nitrogens with one attached hydrogen (secondary N) is 2. The Hall–Kier alpha value is -3.67. The normalized spacial score (nSPS) is 20.5. The summed E-state index contributed by atoms with van der Waals surface area (Å²) in [6.07, 6.45) is 4.22. The van der Waals surface area contributed by atoms with Gasteiger partial charge in [-0.3, -0.25) is 14.4 Å². The number of unbranched alkanes of at least 4 members (excludes halogenated alkanes) is 1. The lowest BCUT2D eigenvalue weighted by atomic mass is 9.91. The lowest BCUT2D eigenvalue weighted by Gasteiger charge is -2.31. The molecule has 0 saturated carbocycles. The number of Topliss-reactive ketones (excluding diaryl/α,β-unsaturated/α-hetero) is 1. The Kier molecular flexibility index (Phi) is 14.8. The lowest BCUT2D eigenvalue weighted by molar-refractivity contribution is -0.146. The Balaban J connectivity index is 2.24. The number of aryl methyl sites for hydroxylation is 1. The van der Waals surface area contributed by atoms with Gasteiger partial charge in [-0.25, -0.2) is 9.59 Å². The molecule has 0 fully saturated rings. The summed E-state index contributed by atoms with van der Waals surface area (Å²) in [4.78, 5) is 66.1. The molecular weight excluding hydrogens is 580 g/mol. The highest BCUT2D eigenvalue weighted by atomic mass is 16.6. The van der Waals surface area contributed by atoms with E-state index in [0.717, 1.165) is 18.4 Å². The van der Waals surface area contributed by atoms with Gasteiger partial charge in [0.05, 0.1) is 20.3 Å². The quantitative estimate of drug-likeness (QED) is 0.272. The van der Waals surface area contributed by atoms with Crippen LogP contribution < -0.4 is 21.1 Å². The summed E-state index contributed by atoms with van der Waals surface area (Å²) in [6, 6.07) is 2.78. The summed E-state index contributed by atoms with van der Waals surface area (Å²) in [5, 5.41) is 5.44. The molecule has 0 spiro atoms. The van der Waals surface area contributed by atoms with E-state index in [2.05, 4.69) is 10.6 Å². The number of carbonyl (C=O) groups is 5. The third-order valence-corrected chi connectivity index (χ3v) is 7.78. The smallest absolute Gasteiger partial charge is 0.407 e. The molecule has 1 aliphatic heterocycles. The summed E-state index contributed by atoms with van der Waals surface area (Å²) in [7, 11) is 4.41. The number of alkyl carbamates (subject to hydrolysis) is 1. The van der Waals surface area contributed by atoms with E-state index in [1.807, 2.05) is 6.07 Å². The van der Waals surface area contributed by atoms with E-state index in [4.69, 9.17) is 19.9 Å². The fourth-order valence-electron chi connectivity index (χ4n) is 5.35. The Morgan fingerprint density at radius 1 is 1.11 bits per heavy atom. The summed E-state index contributed by atoms with van der Waals surface area (Å²) >= 11 is 0. The van der Waals surface area contributed by atoms with Crippen molar-refractivity contribution >= 4 is 29.7 Å². The number of nitrogens with two attached hydrogens (primary N) is 1. The second-order valence-corrected chi connectivity index (χ2v) is 12.7. The highest BCUT2D eigenvalue weighted by Gasteiger charge is 2.34. The van der Waals surface area contributed by atoms with Crippen molar-refractivity contribution in [2.24, 2.45) is 11.7 Å². The van der Waals surface area contributed by atoms with Crippen LogP contribution in [-0.2, 0) is 35.1 Å². The Morgan fingerprint density at radius 2 is 1.82 bits per heavy atom. The summed E-state index contributed by atoms with van der Waals surface area (Å²) in [6.45, 7) is 7.35. The van der Waals surface area contributed by atoms with E-state index in [-0.39, 0.29) is 12.2 Å². The van der Waals surface area contributed by atoms with Gasteiger partial charge in [0, 0.05) is 25.9 Å². The van der Waals surface area contributed by atoms with Crippen LogP contribution in [0.4, 0.5) is 4.79 Å². The van der Waals surface area contributed by atoms with E-state index in [0.29, 0.717) is 56.4 Å². The third kappa shape index (κ3) is 12.0. The third-order valence-electron chi connectivity index (χ3n) is 7.78. The molecule has 45 heavy (non-hydrogen) atoms. The van der Waals surface area contributed by atoms with Gasteiger partial charge in [0.15, 0.2) is 5.78 Å². The van der Waals surface area contributed by atoms with Crippen molar-refractivity contribution in [2.75, 3.05) is 27.8 Å². The van der Waals surface area contributed by atoms with E-state index in [1.165, 1.54) is 12.0 Å². The van der Waals surface area contributed by atoms with E-state index >= 15 is 0 Å². The molecule has 12 nitrogen and oxygen atoms in total. The first-order valence-electron chi connectivity index (χ1n) is 15.7. The lowest BCUT2D eigenvalue weighted by Crippen LogP contribution is -2.47. The molecule has 1 aromatic rings. The van der Waals surface area contributed by atoms with Crippen molar-refractivity contribution in [3.63, 3.8) is 0 Å². The molecule has 4 N–H and O–H groups in total. The number of methoxy groups -OCH3 is 2. The van der Waals surface area contributed by atoms with Gasteiger partial charge in [0.2, 0.25) is 11.8 Å². The van der Waals surface area contributed by atoms with Crippen molar-refractivity contribution in [2.45, 2.75) is 109 Å². The number of benzene rings is 1. The van der Waals surface area contributed by atoms with E-state index in [1.54, 1.807) is 54.0 Å². The number of esters is 1. The molecule has 252 valence electrons. The number of hydrogen-bond donors (Lipinski definition) is 3. The van der Waals surface area contributed by atoms with Crippen LogP contribution in [0.25, 0.3) is 0 Å². The fraction of sp³-hybridized carbons (Fsp3) is 0.667. The molecule has 4 atom stereocenters. The van der Waals surface area contributed by atoms with Gasteiger partial charge in [-0.15, -0.1) is 0 Å². The van der Waals surface area contributed by atoms with Crippen molar-refractivity contribution in [1.82, 2.24) is 15.5 Å². The topological polar surface area (TPSA) is 166 Å². The van der Waals surface area contributed by atoms with Crippen LogP contribution in [0, 0.1) is 5.92 Å². The highest BCUT2D eigenvalue weighted by molar-refractivity contribution is 5.94. The molecule has 1 heterocycles. The van der Waals surface area contributed by atoms with Crippen LogP contribution in [-0.4, -0.2) is 80.1 Å². The molecule has 12 heteroatoms. The summed E-state index contributed by atoms with van der Waals surface area (Å²) in [5.41, 5.74) is 7.22. The van der Waals surface area contributed by atoms with Gasteiger partial charge in [-0.2, -0.15) is 0 Å². The Labute approximate surface area is 267 Å². The predicted molar refractivity (Wildman–Crippen MR) is 169 cm³/mol. The average molecular weight is 633 g/mol. The zero-order chi connectivity index (χ0) is 33.7. The molecule has 3 amide bonds. The van der Waals surface area contributed by atoms with E-state index < -0.39 is 53.5 Å². The molecule has 0 saturated heterocycles. The van der Waals surface area contributed by atoms with Crippen molar-refractivity contribution < 1.29 is 38.2 Å². The van der Waals surface area contributed by atoms with Gasteiger partial charge in [0.25, 0.3) is 0 Å². The minimum atomic E-state index is -0.987. The first-order chi connectivity index (χ1) is 21.2. The number of nitrogens with zero attached hydrogens (tertiary/aromatic N) is 1. The van der Waals surface area contributed by atoms with Crippen LogP contribution in [0.1, 0.15) is 96.2 Å². The minimum absolute atomic E-state index is 0.158. The molecule has 1 aromatic carbocycles. The Morgan fingerprint density at radius 3 is 2.47 bits per heavy atom. The molecule has 0 unspecified atom stereocenters. The number of rotatable bonds is 9. The Bertz CT molecular complexity index is 1180. The first-order valence-corrected chi connectivity index (χ1v) is 15.7. The SMILES string of the molecule is COC(=O)[C@@H]1CCCCCc2cc(ccc2OC)[C@H](N(C)C(=O)[C@@H](N)CCCCNC(=O)OC(C)(C)C)C(=O)C[C@@H](C)C(=O)N1. The van der Waals surface area contributed by atoms with Gasteiger partial charge in [-0.1, -0.05) is 25.8 Å². The van der Waals surface area contributed by atoms with Crippen LogP contribution >= 0.6 is 0 Å². The molecule has 0 radical (unpaired) electrons. The molecular formula is C33H52N4O8. The van der Waals surface area contributed by atoms with Gasteiger partial charge >= 0.3 is 12.1 Å². The maximum Gasteiger partial charge on any atom is 0.407 e. The molecule has 0 aromatic heterocycles. The van der Waals surface area contributed by atoms with E-state index in [9.17, 15) is 24.0 Å². The minimum Gasteiger partial charge on any atom is -0.496 e. The maximum absolute atomic E-state index is 13.9.